The van der Waals surface area contributed by atoms with E-state index in [0.29, 0.717) is 36.7 Å². The Morgan fingerprint density at radius 2 is 1.96 bits per heavy atom. The van der Waals surface area contributed by atoms with E-state index in [2.05, 4.69) is 51.5 Å². The SMILES string of the molecule is CN=C(NCc1noc(C)n1)NCc1ncc(C(C)(C)C)o1.I. The van der Waals surface area contributed by atoms with Gasteiger partial charge in [0.05, 0.1) is 19.3 Å². The Morgan fingerprint density at radius 3 is 2.48 bits per heavy atom. The summed E-state index contributed by atoms with van der Waals surface area (Å²) in [5.41, 5.74) is -0.0539. The highest BCUT2D eigenvalue weighted by atomic mass is 127. The second-order valence-electron chi connectivity index (χ2n) is 5.88. The van der Waals surface area contributed by atoms with Crippen molar-refractivity contribution in [2.45, 2.75) is 46.2 Å². The Morgan fingerprint density at radius 1 is 1.26 bits per heavy atom. The summed E-state index contributed by atoms with van der Waals surface area (Å²) in [4.78, 5) is 12.5. The number of aliphatic imine (C=N–C) groups is 1. The quantitative estimate of drug-likeness (QED) is 0.432. The minimum atomic E-state index is -0.0539. The van der Waals surface area contributed by atoms with Crippen molar-refractivity contribution in [3.63, 3.8) is 0 Å². The van der Waals surface area contributed by atoms with Crippen LogP contribution in [0.2, 0.25) is 0 Å². The van der Waals surface area contributed by atoms with E-state index in [1.165, 1.54) is 0 Å². The maximum atomic E-state index is 5.71. The van der Waals surface area contributed by atoms with Crippen LogP contribution in [0.25, 0.3) is 0 Å². The van der Waals surface area contributed by atoms with Crippen LogP contribution in [-0.4, -0.2) is 28.1 Å². The lowest BCUT2D eigenvalue weighted by Gasteiger charge is -2.13. The van der Waals surface area contributed by atoms with Gasteiger partial charge in [-0.1, -0.05) is 25.9 Å². The monoisotopic (exact) mass is 434 g/mol. The Balaban J connectivity index is 0.00000264. The van der Waals surface area contributed by atoms with Crippen LogP contribution in [-0.2, 0) is 18.5 Å². The molecule has 0 bridgehead atoms. The first-order valence-electron chi connectivity index (χ1n) is 7.07. The van der Waals surface area contributed by atoms with Crippen molar-refractivity contribution in [2.75, 3.05) is 7.05 Å². The zero-order valence-corrected chi connectivity index (χ0v) is 16.3. The molecule has 9 heteroatoms. The van der Waals surface area contributed by atoms with Gasteiger partial charge in [-0.2, -0.15) is 4.98 Å². The number of oxazole rings is 1. The molecule has 0 aliphatic heterocycles. The summed E-state index contributed by atoms with van der Waals surface area (Å²) in [6.45, 7) is 8.87. The number of nitrogens with one attached hydrogen (secondary N) is 2. The van der Waals surface area contributed by atoms with Gasteiger partial charge in [0.2, 0.25) is 11.8 Å². The normalized spacial score (nSPS) is 12.0. The second-order valence-corrected chi connectivity index (χ2v) is 5.88. The predicted molar refractivity (Wildman–Crippen MR) is 96.7 cm³/mol. The van der Waals surface area contributed by atoms with Crippen molar-refractivity contribution in [2.24, 2.45) is 4.99 Å². The molecule has 2 rings (SSSR count). The minimum Gasteiger partial charge on any atom is -0.443 e. The van der Waals surface area contributed by atoms with Crippen LogP contribution < -0.4 is 10.6 Å². The lowest BCUT2D eigenvalue weighted by molar-refractivity contribution is 0.379. The molecule has 0 radical (unpaired) electrons. The number of aromatic nitrogens is 3. The molecule has 0 saturated carbocycles. The fraction of sp³-hybridized carbons (Fsp3) is 0.571. The lowest BCUT2D eigenvalue weighted by Crippen LogP contribution is -2.36. The Kier molecular flexibility index (Phi) is 6.98. The molecule has 0 aromatic carbocycles. The highest BCUT2D eigenvalue weighted by Crippen LogP contribution is 2.22. The van der Waals surface area contributed by atoms with Gasteiger partial charge in [-0.25, -0.2) is 4.98 Å². The van der Waals surface area contributed by atoms with Crippen molar-refractivity contribution in [1.29, 1.82) is 0 Å². The molecule has 2 N–H and O–H groups in total. The van der Waals surface area contributed by atoms with Crippen molar-refractivity contribution < 1.29 is 8.94 Å². The molecule has 0 aliphatic carbocycles. The standard InChI is InChI=1S/C14H22N6O2.HI/c1-9-19-11(20-22-9)7-17-13(15-5)18-8-12-16-6-10(21-12)14(2,3)4;/h6H,7-8H2,1-5H3,(H2,15,17,18);1H. The van der Waals surface area contributed by atoms with Gasteiger partial charge in [0, 0.05) is 19.4 Å². The topological polar surface area (TPSA) is 101 Å². The Labute approximate surface area is 152 Å². The molecule has 0 fully saturated rings. The molecule has 2 aromatic rings. The van der Waals surface area contributed by atoms with E-state index in [9.17, 15) is 0 Å². The van der Waals surface area contributed by atoms with Crippen molar-refractivity contribution in [3.05, 3.63) is 29.6 Å². The van der Waals surface area contributed by atoms with Crippen molar-refractivity contribution in [1.82, 2.24) is 25.8 Å². The number of aryl methyl sites for hydroxylation is 1. The molecule has 8 nitrogen and oxygen atoms in total. The third kappa shape index (κ3) is 5.81. The van der Waals surface area contributed by atoms with E-state index >= 15 is 0 Å². The van der Waals surface area contributed by atoms with Gasteiger partial charge >= 0.3 is 0 Å². The van der Waals surface area contributed by atoms with E-state index in [0.717, 1.165) is 5.76 Å². The highest BCUT2D eigenvalue weighted by molar-refractivity contribution is 14.0. The summed E-state index contributed by atoms with van der Waals surface area (Å²) >= 11 is 0. The van der Waals surface area contributed by atoms with Crippen LogP contribution in [0.15, 0.2) is 20.1 Å². The molecular weight excluding hydrogens is 411 g/mol. The molecule has 2 aromatic heterocycles. The number of hydrogen-bond donors (Lipinski definition) is 2. The second kappa shape index (κ2) is 8.27. The predicted octanol–water partition coefficient (Wildman–Crippen LogP) is 2.15. The first kappa shape index (κ1) is 19.4. The molecule has 128 valence electrons. The maximum absolute atomic E-state index is 5.71. The Bertz CT molecular complexity index is 644. The van der Waals surface area contributed by atoms with Gasteiger partial charge in [-0.3, -0.25) is 4.99 Å². The van der Waals surface area contributed by atoms with Gasteiger partial charge in [-0.15, -0.1) is 24.0 Å². The number of nitrogens with zero attached hydrogens (tertiary/aromatic N) is 4. The van der Waals surface area contributed by atoms with Crippen LogP contribution in [0.5, 0.6) is 0 Å². The van der Waals surface area contributed by atoms with Crippen molar-refractivity contribution >= 4 is 29.9 Å². The highest BCUT2D eigenvalue weighted by Gasteiger charge is 2.19. The largest absolute Gasteiger partial charge is 0.443 e. The molecular formula is C14H23IN6O2. The zero-order valence-electron chi connectivity index (χ0n) is 14.0. The van der Waals surface area contributed by atoms with Crippen LogP contribution in [0.4, 0.5) is 0 Å². The molecule has 0 unspecified atom stereocenters. The Hall–Kier alpha value is -1.65. The van der Waals surface area contributed by atoms with Gasteiger partial charge < -0.3 is 19.6 Å². The van der Waals surface area contributed by atoms with E-state index < -0.39 is 0 Å². The first-order chi connectivity index (χ1) is 10.4. The van der Waals surface area contributed by atoms with Crippen LogP contribution in [0.3, 0.4) is 0 Å². The maximum Gasteiger partial charge on any atom is 0.223 e. The van der Waals surface area contributed by atoms with Gasteiger partial charge in [-0.05, 0) is 0 Å². The summed E-state index contributed by atoms with van der Waals surface area (Å²) < 4.78 is 10.6. The molecule has 2 heterocycles. The summed E-state index contributed by atoms with van der Waals surface area (Å²) in [6.07, 6.45) is 1.76. The van der Waals surface area contributed by atoms with E-state index in [4.69, 9.17) is 8.94 Å². The number of guanidine groups is 1. The van der Waals surface area contributed by atoms with Gasteiger partial charge in [0.1, 0.15) is 5.76 Å². The zero-order chi connectivity index (χ0) is 16.2. The minimum absolute atomic E-state index is 0. The molecule has 0 amide bonds. The number of hydrogen-bond acceptors (Lipinski definition) is 6. The number of rotatable bonds is 4. The van der Waals surface area contributed by atoms with Gasteiger partial charge in [0.25, 0.3) is 0 Å². The molecule has 23 heavy (non-hydrogen) atoms. The van der Waals surface area contributed by atoms with Crippen LogP contribution >= 0.6 is 24.0 Å². The average molecular weight is 434 g/mol. The van der Waals surface area contributed by atoms with E-state index in [1.807, 2.05) is 0 Å². The van der Waals surface area contributed by atoms with E-state index in [-0.39, 0.29) is 29.4 Å². The van der Waals surface area contributed by atoms with Crippen molar-refractivity contribution in [3.8, 4) is 0 Å². The first-order valence-corrected chi connectivity index (χ1v) is 7.07. The fourth-order valence-corrected chi connectivity index (χ4v) is 1.69. The van der Waals surface area contributed by atoms with Crippen LogP contribution in [0.1, 0.15) is 44.1 Å². The third-order valence-electron chi connectivity index (χ3n) is 2.91. The summed E-state index contributed by atoms with van der Waals surface area (Å²) in [5.74, 6) is 3.19. The molecule has 0 aliphatic rings. The average Bonchev–Trinajstić information content (AvgIpc) is 3.07. The fourth-order valence-electron chi connectivity index (χ4n) is 1.69. The summed E-state index contributed by atoms with van der Waals surface area (Å²) in [6, 6.07) is 0. The third-order valence-corrected chi connectivity index (χ3v) is 2.91. The number of halogens is 1. The smallest absolute Gasteiger partial charge is 0.223 e. The molecule has 0 saturated heterocycles. The molecule has 0 spiro atoms. The van der Waals surface area contributed by atoms with Crippen LogP contribution in [0, 0.1) is 6.92 Å². The summed E-state index contributed by atoms with van der Waals surface area (Å²) in [7, 11) is 1.69. The van der Waals surface area contributed by atoms with E-state index in [1.54, 1.807) is 20.2 Å². The summed E-state index contributed by atoms with van der Waals surface area (Å²) in [5, 5.41) is 10.0. The lowest BCUT2D eigenvalue weighted by atomic mass is 9.94. The molecule has 0 atom stereocenters. The van der Waals surface area contributed by atoms with Gasteiger partial charge in [0.15, 0.2) is 11.8 Å².